The van der Waals surface area contributed by atoms with E-state index in [9.17, 15) is 9.18 Å². The standard InChI is InChI=1S/C16H19FN2OS.ClH/c1-2-7-19(13-5-6-18-10-13)16(20)15-9-11-8-12(17)3-4-14(11)21-15;/h3-4,8-9,13,18H,2,5-7,10H2,1H3;1H. The summed E-state index contributed by atoms with van der Waals surface area (Å²) in [6, 6.07) is 6.77. The van der Waals surface area contributed by atoms with Gasteiger partial charge in [-0.05, 0) is 49.0 Å². The number of fused-ring (bicyclic) bond motifs is 1. The Kier molecular flexibility index (Phi) is 5.78. The molecule has 1 aliphatic rings. The van der Waals surface area contributed by atoms with Crippen molar-refractivity contribution in [2.24, 2.45) is 0 Å². The first-order chi connectivity index (χ1) is 10.2. The molecule has 3 rings (SSSR count). The summed E-state index contributed by atoms with van der Waals surface area (Å²) in [5.41, 5.74) is 0. The van der Waals surface area contributed by atoms with Gasteiger partial charge in [-0.2, -0.15) is 0 Å². The van der Waals surface area contributed by atoms with Crippen LogP contribution in [0.3, 0.4) is 0 Å². The molecule has 1 aromatic carbocycles. The highest BCUT2D eigenvalue weighted by atomic mass is 35.5. The number of carbonyl (C=O) groups excluding carboxylic acids is 1. The summed E-state index contributed by atoms with van der Waals surface area (Å²) in [5.74, 6) is -0.183. The molecule has 0 radical (unpaired) electrons. The van der Waals surface area contributed by atoms with Crippen LogP contribution in [0.25, 0.3) is 10.1 Å². The molecule has 0 aliphatic carbocycles. The molecule has 0 spiro atoms. The van der Waals surface area contributed by atoms with Crippen molar-refractivity contribution in [3.05, 3.63) is 35.0 Å². The Balaban J connectivity index is 0.00000176. The number of thiophene rings is 1. The largest absolute Gasteiger partial charge is 0.334 e. The Bertz CT molecular complexity index is 655. The van der Waals surface area contributed by atoms with E-state index >= 15 is 0 Å². The van der Waals surface area contributed by atoms with Gasteiger partial charge in [0, 0.05) is 23.8 Å². The summed E-state index contributed by atoms with van der Waals surface area (Å²) in [6.07, 6.45) is 1.95. The second-order valence-electron chi connectivity index (χ2n) is 5.44. The molecular formula is C16H20ClFN2OS. The van der Waals surface area contributed by atoms with Crippen LogP contribution in [-0.4, -0.2) is 36.5 Å². The molecule has 1 atom stereocenters. The summed E-state index contributed by atoms with van der Waals surface area (Å²) in [5, 5.41) is 4.12. The molecule has 3 nitrogen and oxygen atoms in total. The van der Waals surface area contributed by atoms with Crippen LogP contribution in [0, 0.1) is 5.82 Å². The Morgan fingerprint density at radius 2 is 2.27 bits per heavy atom. The molecule has 2 aromatic rings. The van der Waals surface area contributed by atoms with Gasteiger partial charge in [0.15, 0.2) is 0 Å². The summed E-state index contributed by atoms with van der Waals surface area (Å²) >= 11 is 1.45. The van der Waals surface area contributed by atoms with E-state index in [0.717, 1.165) is 42.6 Å². The van der Waals surface area contributed by atoms with Gasteiger partial charge >= 0.3 is 0 Å². The molecule has 1 saturated heterocycles. The lowest BCUT2D eigenvalue weighted by Crippen LogP contribution is -2.41. The van der Waals surface area contributed by atoms with Crippen LogP contribution in [0.2, 0.25) is 0 Å². The smallest absolute Gasteiger partial charge is 0.264 e. The number of nitrogens with one attached hydrogen (secondary N) is 1. The van der Waals surface area contributed by atoms with Crippen molar-refractivity contribution in [3.8, 4) is 0 Å². The van der Waals surface area contributed by atoms with Crippen molar-refractivity contribution < 1.29 is 9.18 Å². The van der Waals surface area contributed by atoms with Crippen molar-refractivity contribution in [1.29, 1.82) is 0 Å². The predicted molar refractivity (Wildman–Crippen MR) is 91.6 cm³/mol. The molecule has 22 heavy (non-hydrogen) atoms. The maximum atomic E-state index is 13.3. The van der Waals surface area contributed by atoms with Crippen molar-refractivity contribution in [1.82, 2.24) is 10.2 Å². The maximum absolute atomic E-state index is 13.3. The zero-order valence-electron chi connectivity index (χ0n) is 12.5. The third kappa shape index (κ3) is 3.42. The Morgan fingerprint density at radius 1 is 1.45 bits per heavy atom. The first kappa shape index (κ1) is 17.2. The second-order valence-corrected chi connectivity index (χ2v) is 6.52. The van der Waals surface area contributed by atoms with E-state index in [1.807, 2.05) is 11.0 Å². The monoisotopic (exact) mass is 342 g/mol. The quantitative estimate of drug-likeness (QED) is 0.919. The average Bonchev–Trinajstić information content (AvgIpc) is 3.12. The van der Waals surface area contributed by atoms with E-state index in [4.69, 9.17) is 0 Å². The lowest BCUT2D eigenvalue weighted by Gasteiger charge is -2.27. The van der Waals surface area contributed by atoms with E-state index in [0.29, 0.717) is 4.88 Å². The number of hydrogen-bond acceptors (Lipinski definition) is 3. The van der Waals surface area contributed by atoms with Crippen molar-refractivity contribution in [3.63, 3.8) is 0 Å². The molecule has 1 N–H and O–H groups in total. The normalized spacial score (nSPS) is 17.5. The van der Waals surface area contributed by atoms with Crippen LogP contribution < -0.4 is 5.32 Å². The zero-order chi connectivity index (χ0) is 14.8. The highest BCUT2D eigenvalue weighted by Gasteiger charge is 2.27. The van der Waals surface area contributed by atoms with Gasteiger partial charge in [0.05, 0.1) is 4.88 Å². The number of halogens is 2. The molecule has 1 amide bonds. The van der Waals surface area contributed by atoms with Crippen molar-refractivity contribution >= 4 is 39.7 Å². The van der Waals surface area contributed by atoms with Gasteiger partial charge in [-0.15, -0.1) is 23.7 Å². The van der Waals surface area contributed by atoms with E-state index in [2.05, 4.69) is 12.2 Å². The molecular weight excluding hydrogens is 323 g/mol. The first-order valence-electron chi connectivity index (χ1n) is 7.40. The highest BCUT2D eigenvalue weighted by molar-refractivity contribution is 7.20. The van der Waals surface area contributed by atoms with Crippen LogP contribution in [0.1, 0.15) is 29.4 Å². The molecule has 120 valence electrons. The molecule has 1 fully saturated rings. The minimum atomic E-state index is -0.260. The van der Waals surface area contributed by atoms with Crippen molar-refractivity contribution in [2.75, 3.05) is 19.6 Å². The first-order valence-corrected chi connectivity index (χ1v) is 8.21. The minimum Gasteiger partial charge on any atom is -0.334 e. The molecule has 1 unspecified atom stereocenters. The third-order valence-electron chi connectivity index (χ3n) is 3.89. The number of rotatable bonds is 4. The highest BCUT2D eigenvalue weighted by Crippen LogP contribution is 2.28. The summed E-state index contributed by atoms with van der Waals surface area (Å²) < 4.78 is 14.2. The topological polar surface area (TPSA) is 32.3 Å². The number of amides is 1. The van der Waals surface area contributed by atoms with E-state index in [-0.39, 0.29) is 30.2 Å². The van der Waals surface area contributed by atoms with Gasteiger partial charge in [0.2, 0.25) is 0 Å². The molecule has 0 bridgehead atoms. The van der Waals surface area contributed by atoms with Crippen LogP contribution in [0.15, 0.2) is 24.3 Å². The molecule has 2 heterocycles. The minimum absolute atomic E-state index is 0. The van der Waals surface area contributed by atoms with Gasteiger partial charge in [-0.25, -0.2) is 4.39 Å². The number of carbonyl (C=O) groups is 1. The zero-order valence-corrected chi connectivity index (χ0v) is 14.1. The number of benzene rings is 1. The lowest BCUT2D eigenvalue weighted by atomic mass is 10.2. The van der Waals surface area contributed by atoms with Gasteiger partial charge in [-0.1, -0.05) is 6.92 Å². The second kappa shape index (κ2) is 7.40. The molecule has 1 aliphatic heterocycles. The molecule has 6 heteroatoms. The number of nitrogens with zero attached hydrogens (tertiary/aromatic N) is 1. The lowest BCUT2D eigenvalue weighted by molar-refractivity contribution is 0.0697. The Morgan fingerprint density at radius 3 is 2.95 bits per heavy atom. The fourth-order valence-corrected chi connectivity index (χ4v) is 3.86. The fourth-order valence-electron chi connectivity index (χ4n) is 2.86. The van der Waals surface area contributed by atoms with Crippen LogP contribution in [0.5, 0.6) is 0 Å². The number of hydrogen-bond donors (Lipinski definition) is 1. The molecule has 1 aromatic heterocycles. The van der Waals surface area contributed by atoms with Crippen LogP contribution in [-0.2, 0) is 0 Å². The van der Waals surface area contributed by atoms with Gasteiger partial charge in [0.25, 0.3) is 5.91 Å². The molecule has 0 saturated carbocycles. The summed E-state index contributed by atoms with van der Waals surface area (Å²) in [7, 11) is 0. The van der Waals surface area contributed by atoms with Gasteiger partial charge in [-0.3, -0.25) is 4.79 Å². The average molecular weight is 343 g/mol. The maximum Gasteiger partial charge on any atom is 0.264 e. The van der Waals surface area contributed by atoms with Gasteiger partial charge < -0.3 is 10.2 Å². The van der Waals surface area contributed by atoms with Gasteiger partial charge in [0.1, 0.15) is 5.82 Å². The predicted octanol–water partition coefficient (Wildman–Crippen LogP) is 3.68. The van der Waals surface area contributed by atoms with E-state index in [1.165, 1.54) is 23.5 Å². The Hall–Kier alpha value is -1.17. The fraction of sp³-hybridized carbons (Fsp3) is 0.438. The van der Waals surface area contributed by atoms with E-state index < -0.39 is 0 Å². The third-order valence-corrected chi connectivity index (χ3v) is 4.99. The Labute approximate surface area is 139 Å². The van der Waals surface area contributed by atoms with E-state index in [1.54, 1.807) is 6.07 Å². The summed E-state index contributed by atoms with van der Waals surface area (Å²) in [6.45, 7) is 4.69. The SMILES string of the molecule is CCCN(C(=O)c1cc2cc(F)ccc2s1)C1CCNC1.Cl. The van der Waals surface area contributed by atoms with Crippen LogP contribution in [0.4, 0.5) is 4.39 Å². The van der Waals surface area contributed by atoms with Crippen LogP contribution >= 0.6 is 23.7 Å². The van der Waals surface area contributed by atoms with Crippen molar-refractivity contribution in [2.45, 2.75) is 25.8 Å². The summed E-state index contributed by atoms with van der Waals surface area (Å²) in [4.78, 5) is 15.5.